The molecule has 3 N–H and O–H groups in total. The monoisotopic (exact) mass is 294 g/mol. The van der Waals surface area contributed by atoms with E-state index in [0.717, 1.165) is 0 Å². The summed E-state index contributed by atoms with van der Waals surface area (Å²) < 4.78 is 5.09. The van der Waals surface area contributed by atoms with Crippen molar-refractivity contribution in [2.45, 2.75) is 0 Å². The van der Waals surface area contributed by atoms with Crippen LogP contribution in [0.15, 0.2) is 18.5 Å². The highest BCUT2D eigenvalue weighted by molar-refractivity contribution is 5.92. The van der Waals surface area contributed by atoms with Gasteiger partial charge in [0.05, 0.1) is 11.8 Å². The first-order valence-electron chi connectivity index (χ1n) is 6.17. The standard InChI is InChI=1S/C12H14N4O5/c13-10(17)8-5-9(7-14-6-8)21-12(20)16-3-1-15(2-4-16)11(18)19/h5-7H,1-4H2,(H2,13,17)(H,18,19). The quantitative estimate of drug-likeness (QED) is 0.789. The van der Waals surface area contributed by atoms with Crippen LogP contribution in [0, 0.1) is 0 Å². The van der Waals surface area contributed by atoms with Crippen LogP contribution in [-0.2, 0) is 0 Å². The number of primary amides is 1. The Morgan fingerprint density at radius 3 is 2.33 bits per heavy atom. The van der Waals surface area contributed by atoms with E-state index in [2.05, 4.69) is 4.98 Å². The molecule has 0 aliphatic carbocycles. The SMILES string of the molecule is NC(=O)c1cncc(OC(=O)N2CCN(C(=O)O)CC2)c1. The third-order valence-corrected chi connectivity index (χ3v) is 3.01. The Morgan fingerprint density at radius 1 is 1.14 bits per heavy atom. The largest absolute Gasteiger partial charge is 0.465 e. The van der Waals surface area contributed by atoms with Crippen molar-refractivity contribution < 1.29 is 24.2 Å². The Morgan fingerprint density at radius 2 is 1.76 bits per heavy atom. The number of piperazine rings is 1. The number of ether oxygens (including phenoxy) is 1. The van der Waals surface area contributed by atoms with Gasteiger partial charge in [-0.25, -0.2) is 9.59 Å². The van der Waals surface area contributed by atoms with Crippen molar-refractivity contribution in [1.29, 1.82) is 0 Å². The van der Waals surface area contributed by atoms with Crippen molar-refractivity contribution >= 4 is 18.1 Å². The number of nitrogens with zero attached hydrogens (tertiary/aromatic N) is 3. The third kappa shape index (κ3) is 3.59. The van der Waals surface area contributed by atoms with Crippen LogP contribution < -0.4 is 10.5 Å². The van der Waals surface area contributed by atoms with Crippen LogP contribution in [-0.4, -0.2) is 64.2 Å². The minimum absolute atomic E-state index is 0.108. The number of hydrogen-bond donors (Lipinski definition) is 2. The highest BCUT2D eigenvalue weighted by atomic mass is 16.6. The van der Waals surface area contributed by atoms with Gasteiger partial charge in [0, 0.05) is 32.4 Å². The van der Waals surface area contributed by atoms with Crippen molar-refractivity contribution in [2.24, 2.45) is 5.73 Å². The van der Waals surface area contributed by atoms with Gasteiger partial charge >= 0.3 is 12.2 Å². The first kappa shape index (κ1) is 14.6. The molecule has 1 saturated heterocycles. The Kier molecular flexibility index (Phi) is 4.21. The van der Waals surface area contributed by atoms with E-state index in [0.29, 0.717) is 0 Å². The summed E-state index contributed by atoms with van der Waals surface area (Å²) in [7, 11) is 0. The van der Waals surface area contributed by atoms with Crippen LogP contribution in [0.4, 0.5) is 9.59 Å². The van der Waals surface area contributed by atoms with Crippen LogP contribution in [0.1, 0.15) is 10.4 Å². The summed E-state index contributed by atoms with van der Waals surface area (Å²) in [5.41, 5.74) is 5.24. The number of aromatic nitrogens is 1. The molecule has 112 valence electrons. The van der Waals surface area contributed by atoms with E-state index in [4.69, 9.17) is 15.6 Å². The molecule has 21 heavy (non-hydrogen) atoms. The van der Waals surface area contributed by atoms with E-state index >= 15 is 0 Å². The lowest BCUT2D eigenvalue weighted by molar-refractivity contribution is 0.0971. The minimum atomic E-state index is -1.01. The molecule has 0 atom stereocenters. The molecule has 1 aromatic rings. The number of carboxylic acid groups (broad SMARTS) is 1. The molecule has 0 aromatic carbocycles. The zero-order valence-corrected chi connectivity index (χ0v) is 11.1. The molecule has 0 bridgehead atoms. The summed E-state index contributed by atoms with van der Waals surface area (Å²) in [4.78, 5) is 40.1. The molecule has 9 heteroatoms. The lowest BCUT2D eigenvalue weighted by Gasteiger charge is -2.32. The van der Waals surface area contributed by atoms with Crippen molar-refractivity contribution in [3.8, 4) is 5.75 Å². The second kappa shape index (κ2) is 6.07. The molecule has 1 aliphatic heterocycles. The van der Waals surface area contributed by atoms with Crippen LogP contribution in [0.2, 0.25) is 0 Å². The molecule has 0 radical (unpaired) electrons. The summed E-state index contributed by atoms with van der Waals surface area (Å²) >= 11 is 0. The van der Waals surface area contributed by atoms with E-state index < -0.39 is 18.1 Å². The van der Waals surface area contributed by atoms with Crippen LogP contribution >= 0.6 is 0 Å². The predicted octanol–water partition coefficient (Wildman–Crippen LogP) is -0.0251. The molecule has 1 aromatic heterocycles. The second-order valence-corrected chi connectivity index (χ2v) is 4.40. The van der Waals surface area contributed by atoms with Crippen LogP contribution in [0.3, 0.4) is 0 Å². The Hall–Kier alpha value is -2.84. The van der Waals surface area contributed by atoms with Gasteiger partial charge in [-0.1, -0.05) is 0 Å². The number of carbonyl (C=O) groups excluding carboxylic acids is 2. The van der Waals surface area contributed by atoms with Gasteiger partial charge in [0.1, 0.15) is 0 Å². The van der Waals surface area contributed by atoms with Gasteiger partial charge in [0.25, 0.3) is 0 Å². The van der Waals surface area contributed by atoms with Crippen molar-refractivity contribution in [1.82, 2.24) is 14.8 Å². The Bertz CT molecular complexity index is 569. The maximum absolute atomic E-state index is 11.9. The topological polar surface area (TPSA) is 126 Å². The summed E-state index contributed by atoms with van der Waals surface area (Å²) in [6.07, 6.45) is 0.924. The van der Waals surface area contributed by atoms with Gasteiger partial charge in [-0.05, 0) is 6.07 Å². The zero-order chi connectivity index (χ0) is 15.4. The summed E-state index contributed by atoms with van der Waals surface area (Å²) in [5.74, 6) is -0.563. The molecular weight excluding hydrogens is 280 g/mol. The number of carbonyl (C=O) groups is 3. The van der Waals surface area contributed by atoms with Crippen molar-refractivity contribution in [3.05, 3.63) is 24.0 Å². The first-order valence-corrected chi connectivity index (χ1v) is 6.17. The van der Waals surface area contributed by atoms with Gasteiger partial charge < -0.3 is 25.4 Å². The van der Waals surface area contributed by atoms with Crippen molar-refractivity contribution in [2.75, 3.05) is 26.2 Å². The lowest BCUT2D eigenvalue weighted by Crippen LogP contribution is -2.51. The molecule has 9 nitrogen and oxygen atoms in total. The number of nitrogens with two attached hydrogens (primary N) is 1. The molecule has 0 unspecified atom stereocenters. The van der Waals surface area contributed by atoms with E-state index in [-0.39, 0.29) is 37.5 Å². The second-order valence-electron chi connectivity index (χ2n) is 4.40. The minimum Gasteiger partial charge on any atom is -0.465 e. The first-order chi connectivity index (χ1) is 9.97. The number of rotatable bonds is 2. The van der Waals surface area contributed by atoms with Gasteiger partial charge in [0.15, 0.2) is 5.75 Å². The summed E-state index contributed by atoms with van der Waals surface area (Å²) in [5, 5.41) is 8.82. The number of pyridine rings is 1. The Balaban J connectivity index is 1.95. The van der Waals surface area contributed by atoms with E-state index in [1.165, 1.54) is 28.3 Å². The summed E-state index contributed by atoms with van der Waals surface area (Å²) in [6.45, 7) is 0.941. The lowest BCUT2D eigenvalue weighted by atomic mass is 10.3. The van der Waals surface area contributed by atoms with Gasteiger partial charge in [-0.15, -0.1) is 0 Å². The fraction of sp³-hybridized carbons (Fsp3) is 0.333. The highest BCUT2D eigenvalue weighted by Gasteiger charge is 2.25. The molecule has 1 aliphatic rings. The molecule has 2 heterocycles. The molecule has 1 fully saturated rings. The maximum atomic E-state index is 11.9. The average molecular weight is 294 g/mol. The van der Waals surface area contributed by atoms with Gasteiger partial charge in [0.2, 0.25) is 5.91 Å². The molecule has 3 amide bonds. The maximum Gasteiger partial charge on any atom is 0.415 e. The fourth-order valence-corrected chi connectivity index (χ4v) is 1.86. The molecular formula is C12H14N4O5. The fourth-order valence-electron chi connectivity index (χ4n) is 1.86. The van der Waals surface area contributed by atoms with E-state index in [9.17, 15) is 14.4 Å². The van der Waals surface area contributed by atoms with Crippen LogP contribution in [0.25, 0.3) is 0 Å². The number of hydrogen-bond acceptors (Lipinski definition) is 5. The third-order valence-electron chi connectivity index (χ3n) is 3.01. The molecule has 2 rings (SSSR count). The Labute approximate surface area is 119 Å². The smallest absolute Gasteiger partial charge is 0.415 e. The highest BCUT2D eigenvalue weighted by Crippen LogP contribution is 2.13. The summed E-state index contributed by atoms with van der Waals surface area (Å²) in [6, 6.07) is 1.32. The van der Waals surface area contributed by atoms with Crippen molar-refractivity contribution in [3.63, 3.8) is 0 Å². The average Bonchev–Trinajstić information content (AvgIpc) is 2.47. The van der Waals surface area contributed by atoms with E-state index in [1.807, 2.05) is 0 Å². The van der Waals surface area contributed by atoms with E-state index in [1.54, 1.807) is 0 Å². The van der Waals surface area contributed by atoms with Gasteiger partial charge in [-0.3, -0.25) is 9.78 Å². The zero-order valence-electron chi connectivity index (χ0n) is 11.1. The van der Waals surface area contributed by atoms with Crippen LogP contribution in [0.5, 0.6) is 5.75 Å². The van der Waals surface area contributed by atoms with Gasteiger partial charge in [-0.2, -0.15) is 0 Å². The molecule has 0 saturated carbocycles. The predicted molar refractivity (Wildman–Crippen MR) is 69.9 cm³/mol. The molecule has 0 spiro atoms. The number of amides is 3. The normalized spacial score (nSPS) is 14.7.